The second-order valence-corrected chi connectivity index (χ2v) is 6.85. The number of hydrogen-bond acceptors (Lipinski definition) is 3. The standard InChI is InChI=1S/C24H24N2O2/c1-18-7-11-21(12-8-18)28-16-15-26-23-6-4-3-5-22(23)25-24(26)17-19-9-13-20(27-2)14-10-19/h3-14H,15-17H2,1-2H3. The zero-order valence-electron chi connectivity index (χ0n) is 16.3. The molecule has 4 rings (SSSR count). The normalized spacial score (nSPS) is 10.9. The van der Waals surface area contributed by atoms with Crippen molar-refractivity contribution < 1.29 is 9.47 Å². The highest BCUT2D eigenvalue weighted by Crippen LogP contribution is 2.20. The van der Waals surface area contributed by atoms with Crippen LogP contribution in [0.1, 0.15) is 17.0 Å². The second-order valence-electron chi connectivity index (χ2n) is 6.85. The van der Waals surface area contributed by atoms with Crippen LogP contribution in [0.4, 0.5) is 0 Å². The SMILES string of the molecule is COc1ccc(Cc2nc3ccccc3n2CCOc2ccc(C)cc2)cc1. The summed E-state index contributed by atoms with van der Waals surface area (Å²) in [5.74, 6) is 2.80. The van der Waals surface area contributed by atoms with Crippen LogP contribution in [0.15, 0.2) is 72.8 Å². The van der Waals surface area contributed by atoms with E-state index in [0.717, 1.165) is 41.3 Å². The van der Waals surface area contributed by atoms with Gasteiger partial charge in [0.05, 0.1) is 24.7 Å². The first-order valence-electron chi connectivity index (χ1n) is 9.49. The first kappa shape index (κ1) is 18.1. The maximum atomic E-state index is 5.95. The summed E-state index contributed by atoms with van der Waals surface area (Å²) in [6.07, 6.45) is 0.767. The molecule has 0 aliphatic heterocycles. The average Bonchev–Trinajstić information content (AvgIpc) is 3.07. The molecule has 0 bridgehead atoms. The van der Waals surface area contributed by atoms with Gasteiger partial charge >= 0.3 is 0 Å². The van der Waals surface area contributed by atoms with Crippen LogP contribution in [-0.2, 0) is 13.0 Å². The Morgan fingerprint density at radius 2 is 1.57 bits per heavy atom. The maximum absolute atomic E-state index is 5.95. The summed E-state index contributed by atoms with van der Waals surface area (Å²) < 4.78 is 13.5. The largest absolute Gasteiger partial charge is 0.497 e. The van der Waals surface area contributed by atoms with Crippen LogP contribution in [0.5, 0.6) is 11.5 Å². The molecule has 0 radical (unpaired) electrons. The third kappa shape index (κ3) is 4.01. The zero-order valence-corrected chi connectivity index (χ0v) is 16.3. The van der Waals surface area contributed by atoms with E-state index in [2.05, 4.69) is 54.0 Å². The predicted octanol–water partition coefficient (Wildman–Crippen LogP) is 5.02. The third-order valence-corrected chi connectivity index (χ3v) is 4.86. The van der Waals surface area contributed by atoms with E-state index >= 15 is 0 Å². The summed E-state index contributed by atoms with van der Waals surface area (Å²) in [4.78, 5) is 4.86. The molecule has 0 unspecified atom stereocenters. The van der Waals surface area contributed by atoms with Gasteiger partial charge in [0.15, 0.2) is 0 Å². The minimum atomic E-state index is 0.596. The highest BCUT2D eigenvalue weighted by atomic mass is 16.5. The van der Waals surface area contributed by atoms with Gasteiger partial charge in [-0.2, -0.15) is 0 Å². The van der Waals surface area contributed by atoms with E-state index in [1.54, 1.807) is 7.11 Å². The molecule has 0 fully saturated rings. The van der Waals surface area contributed by atoms with Crippen LogP contribution >= 0.6 is 0 Å². The van der Waals surface area contributed by atoms with E-state index < -0.39 is 0 Å². The molecule has 1 aromatic heterocycles. The first-order valence-corrected chi connectivity index (χ1v) is 9.49. The summed E-state index contributed by atoms with van der Waals surface area (Å²) >= 11 is 0. The quantitative estimate of drug-likeness (QED) is 0.457. The van der Waals surface area contributed by atoms with Crippen LogP contribution in [0, 0.1) is 6.92 Å². The summed E-state index contributed by atoms with van der Waals surface area (Å²) in [5, 5.41) is 0. The van der Waals surface area contributed by atoms with Crippen molar-refractivity contribution in [1.29, 1.82) is 0 Å². The fourth-order valence-corrected chi connectivity index (χ4v) is 3.33. The van der Waals surface area contributed by atoms with Gasteiger partial charge in [-0.25, -0.2) is 4.98 Å². The van der Waals surface area contributed by atoms with Gasteiger partial charge in [0, 0.05) is 6.42 Å². The van der Waals surface area contributed by atoms with E-state index in [9.17, 15) is 0 Å². The van der Waals surface area contributed by atoms with Gasteiger partial charge in [-0.15, -0.1) is 0 Å². The lowest BCUT2D eigenvalue weighted by molar-refractivity contribution is 0.298. The van der Waals surface area contributed by atoms with E-state index in [1.807, 2.05) is 30.3 Å². The molecule has 0 saturated carbocycles. The van der Waals surface area contributed by atoms with E-state index in [-0.39, 0.29) is 0 Å². The molecule has 0 aliphatic rings. The fraction of sp³-hybridized carbons (Fsp3) is 0.208. The lowest BCUT2D eigenvalue weighted by atomic mass is 10.1. The Hall–Kier alpha value is -3.27. The minimum absolute atomic E-state index is 0.596. The molecular formula is C24H24N2O2. The van der Waals surface area contributed by atoms with Gasteiger partial charge in [-0.05, 0) is 48.9 Å². The molecular weight excluding hydrogens is 348 g/mol. The number of aromatic nitrogens is 2. The number of imidazole rings is 1. The molecule has 4 nitrogen and oxygen atoms in total. The van der Waals surface area contributed by atoms with Gasteiger partial charge in [0.1, 0.15) is 23.9 Å². The number of ether oxygens (including phenoxy) is 2. The molecule has 0 spiro atoms. The Balaban J connectivity index is 1.54. The molecule has 0 atom stereocenters. The Morgan fingerprint density at radius 3 is 2.32 bits per heavy atom. The summed E-state index contributed by atoms with van der Waals surface area (Å²) in [7, 11) is 1.68. The third-order valence-electron chi connectivity index (χ3n) is 4.86. The van der Waals surface area contributed by atoms with Gasteiger partial charge < -0.3 is 14.0 Å². The van der Waals surface area contributed by atoms with Crippen LogP contribution in [0.3, 0.4) is 0 Å². The first-order chi connectivity index (χ1) is 13.7. The van der Waals surface area contributed by atoms with Crippen LogP contribution in [0.2, 0.25) is 0 Å². The highest BCUT2D eigenvalue weighted by molar-refractivity contribution is 5.76. The van der Waals surface area contributed by atoms with Crippen molar-refractivity contribution in [3.63, 3.8) is 0 Å². The van der Waals surface area contributed by atoms with Crippen molar-refractivity contribution >= 4 is 11.0 Å². The minimum Gasteiger partial charge on any atom is -0.497 e. The Labute approximate surface area is 165 Å². The molecule has 4 heteroatoms. The smallest absolute Gasteiger partial charge is 0.119 e. The van der Waals surface area contributed by atoms with Crippen LogP contribution < -0.4 is 9.47 Å². The van der Waals surface area contributed by atoms with Crippen molar-refractivity contribution in [2.75, 3.05) is 13.7 Å². The Kier molecular flexibility index (Phi) is 5.29. The molecule has 142 valence electrons. The number of hydrogen-bond donors (Lipinski definition) is 0. The Morgan fingerprint density at radius 1 is 0.857 bits per heavy atom. The number of aryl methyl sites for hydroxylation is 1. The second kappa shape index (κ2) is 8.17. The molecule has 0 saturated heterocycles. The van der Waals surface area contributed by atoms with Gasteiger partial charge in [-0.1, -0.05) is 42.0 Å². The molecule has 0 N–H and O–H groups in total. The zero-order chi connectivity index (χ0) is 19.3. The van der Waals surface area contributed by atoms with Crippen molar-refractivity contribution in [2.24, 2.45) is 0 Å². The van der Waals surface area contributed by atoms with Crippen LogP contribution in [0.25, 0.3) is 11.0 Å². The Bertz CT molecular complexity index is 1050. The molecule has 4 aromatic rings. The molecule has 3 aromatic carbocycles. The number of methoxy groups -OCH3 is 1. The lowest BCUT2D eigenvalue weighted by Gasteiger charge is -2.11. The number of rotatable bonds is 7. The monoisotopic (exact) mass is 372 g/mol. The highest BCUT2D eigenvalue weighted by Gasteiger charge is 2.11. The average molecular weight is 372 g/mol. The lowest BCUT2D eigenvalue weighted by Crippen LogP contribution is -2.11. The van der Waals surface area contributed by atoms with Crippen molar-refractivity contribution in [1.82, 2.24) is 9.55 Å². The summed E-state index contributed by atoms with van der Waals surface area (Å²) in [6.45, 7) is 3.42. The van der Waals surface area contributed by atoms with E-state index in [0.29, 0.717) is 6.61 Å². The van der Waals surface area contributed by atoms with Gasteiger partial charge in [0.2, 0.25) is 0 Å². The van der Waals surface area contributed by atoms with Crippen molar-refractivity contribution in [3.8, 4) is 11.5 Å². The number of fused-ring (bicyclic) bond motifs is 1. The maximum Gasteiger partial charge on any atom is 0.119 e. The topological polar surface area (TPSA) is 36.3 Å². The van der Waals surface area contributed by atoms with E-state index in [1.165, 1.54) is 11.1 Å². The number of para-hydroxylation sites is 2. The van der Waals surface area contributed by atoms with Gasteiger partial charge in [-0.3, -0.25) is 0 Å². The summed E-state index contributed by atoms with van der Waals surface area (Å²) in [5.41, 5.74) is 4.59. The predicted molar refractivity (Wildman–Crippen MR) is 112 cm³/mol. The molecule has 0 amide bonds. The number of benzene rings is 3. The molecule has 0 aliphatic carbocycles. The van der Waals surface area contributed by atoms with E-state index in [4.69, 9.17) is 14.5 Å². The van der Waals surface area contributed by atoms with Crippen molar-refractivity contribution in [3.05, 3.63) is 89.7 Å². The summed E-state index contributed by atoms with van der Waals surface area (Å²) in [6, 6.07) is 24.6. The van der Waals surface area contributed by atoms with Crippen LogP contribution in [-0.4, -0.2) is 23.3 Å². The van der Waals surface area contributed by atoms with Crippen molar-refractivity contribution in [2.45, 2.75) is 19.9 Å². The molecule has 1 heterocycles. The molecule has 28 heavy (non-hydrogen) atoms. The number of nitrogens with zero attached hydrogens (tertiary/aromatic N) is 2. The fourth-order valence-electron chi connectivity index (χ4n) is 3.33. The van der Waals surface area contributed by atoms with Gasteiger partial charge in [0.25, 0.3) is 0 Å².